The molecule has 0 spiro atoms. The third kappa shape index (κ3) is 4.70. The molecule has 1 N–H and O–H groups in total. The van der Waals surface area contributed by atoms with Crippen molar-refractivity contribution < 1.29 is 4.52 Å². The van der Waals surface area contributed by atoms with Crippen molar-refractivity contribution in [3.05, 3.63) is 129 Å². The van der Waals surface area contributed by atoms with Gasteiger partial charge in [-0.3, -0.25) is 9.51 Å². The maximum Gasteiger partial charge on any atom is 0.439 e. The SMILES string of the molecule is CCCc1nc(-c2ccccc2)cn1Cc1ccc2c(c1)CCc1ccccc1C2=Cc1noc(=O)[nH]1. The van der Waals surface area contributed by atoms with E-state index in [-0.39, 0.29) is 0 Å². The molecule has 1 aliphatic rings. The van der Waals surface area contributed by atoms with Crippen molar-refractivity contribution in [3.8, 4) is 11.3 Å². The van der Waals surface area contributed by atoms with E-state index < -0.39 is 5.76 Å². The van der Waals surface area contributed by atoms with Gasteiger partial charge in [-0.05, 0) is 58.7 Å². The predicted molar refractivity (Wildman–Crippen MR) is 145 cm³/mol. The average molecular weight is 489 g/mol. The fourth-order valence-corrected chi connectivity index (χ4v) is 5.18. The number of aryl methyl sites for hydroxylation is 3. The summed E-state index contributed by atoms with van der Waals surface area (Å²) in [5.74, 6) is 0.976. The lowest BCUT2D eigenvalue weighted by molar-refractivity contribution is 0.385. The lowest BCUT2D eigenvalue weighted by Gasteiger charge is -2.14. The highest BCUT2D eigenvalue weighted by Crippen LogP contribution is 2.35. The van der Waals surface area contributed by atoms with Crippen LogP contribution < -0.4 is 5.76 Å². The van der Waals surface area contributed by atoms with Crippen LogP contribution in [0.4, 0.5) is 0 Å². The van der Waals surface area contributed by atoms with Crippen LogP contribution in [0.5, 0.6) is 0 Å². The summed E-state index contributed by atoms with van der Waals surface area (Å²) in [7, 11) is 0. The van der Waals surface area contributed by atoms with Gasteiger partial charge in [0.15, 0.2) is 5.82 Å². The van der Waals surface area contributed by atoms with E-state index in [0.717, 1.165) is 66.0 Å². The number of hydrogen-bond acceptors (Lipinski definition) is 4. The molecule has 6 nitrogen and oxygen atoms in total. The topological polar surface area (TPSA) is 76.7 Å². The second kappa shape index (κ2) is 9.90. The summed E-state index contributed by atoms with van der Waals surface area (Å²) in [4.78, 5) is 19.2. The normalized spacial score (nSPS) is 13.8. The van der Waals surface area contributed by atoms with Gasteiger partial charge in [-0.25, -0.2) is 9.78 Å². The lowest BCUT2D eigenvalue weighted by atomic mass is 9.92. The Labute approximate surface area is 215 Å². The van der Waals surface area contributed by atoms with Gasteiger partial charge in [0, 0.05) is 24.7 Å². The molecule has 2 heterocycles. The van der Waals surface area contributed by atoms with Crippen LogP contribution in [0.2, 0.25) is 0 Å². The molecule has 37 heavy (non-hydrogen) atoms. The van der Waals surface area contributed by atoms with Crippen molar-refractivity contribution in [2.45, 2.75) is 39.2 Å². The van der Waals surface area contributed by atoms with Crippen LogP contribution >= 0.6 is 0 Å². The van der Waals surface area contributed by atoms with E-state index in [1.807, 2.05) is 12.1 Å². The van der Waals surface area contributed by atoms with E-state index in [1.165, 1.54) is 16.7 Å². The Morgan fingerprint density at radius 2 is 1.76 bits per heavy atom. The smallest absolute Gasteiger partial charge is 0.330 e. The zero-order valence-electron chi connectivity index (χ0n) is 20.8. The van der Waals surface area contributed by atoms with Crippen molar-refractivity contribution in [2.24, 2.45) is 0 Å². The Morgan fingerprint density at radius 3 is 2.57 bits per heavy atom. The van der Waals surface area contributed by atoms with Gasteiger partial charge in [0.2, 0.25) is 0 Å². The minimum atomic E-state index is -0.553. The molecule has 6 heteroatoms. The maximum atomic E-state index is 11.6. The number of aromatic nitrogens is 4. The van der Waals surface area contributed by atoms with Crippen LogP contribution in [0.15, 0.2) is 88.3 Å². The van der Waals surface area contributed by atoms with E-state index in [0.29, 0.717) is 5.82 Å². The summed E-state index contributed by atoms with van der Waals surface area (Å²) in [6.45, 7) is 2.96. The molecule has 6 rings (SSSR count). The number of rotatable bonds is 6. The van der Waals surface area contributed by atoms with Crippen LogP contribution in [0.3, 0.4) is 0 Å². The molecule has 0 atom stereocenters. The predicted octanol–water partition coefficient (Wildman–Crippen LogP) is 5.91. The van der Waals surface area contributed by atoms with Gasteiger partial charge in [0.25, 0.3) is 0 Å². The monoisotopic (exact) mass is 488 g/mol. The second-order valence-corrected chi connectivity index (χ2v) is 9.47. The van der Waals surface area contributed by atoms with Crippen molar-refractivity contribution in [2.75, 3.05) is 0 Å². The van der Waals surface area contributed by atoms with Crippen LogP contribution in [0, 0.1) is 0 Å². The summed E-state index contributed by atoms with van der Waals surface area (Å²) in [5, 5.41) is 3.88. The largest absolute Gasteiger partial charge is 0.439 e. The fraction of sp³-hybridized carbons (Fsp3) is 0.194. The maximum absolute atomic E-state index is 11.6. The molecule has 2 aromatic heterocycles. The Hall–Kier alpha value is -4.45. The molecule has 0 bridgehead atoms. The highest BCUT2D eigenvalue weighted by molar-refractivity contribution is 5.93. The van der Waals surface area contributed by atoms with Gasteiger partial charge in [-0.15, -0.1) is 0 Å². The number of aromatic amines is 1. The van der Waals surface area contributed by atoms with Crippen LogP contribution in [0.1, 0.15) is 52.8 Å². The van der Waals surface area contributed by atoms with Gasteiger partial charge in [0.05, 0.1) is 5.69 Å². The number of hydrogen-bond donors (Lipinski definition) is 1. The third-order valence-corrected chi connectivity index (χ3v) is 6.92. The first-order valence-corrected chi connectivity index (χ1v) is 12.8. The zero-order chi connectivity index (χ0) is 25.2. The number of nitrogens with zero attached hydrogens (tertiary/aromatic N) is 3. The quantitative estimate of drug-likeness (QED) is 0.322. The number of benzene rings is 3. The minimum Gasteiger partial charge on any atom is -0.330 e. The molecule has 0 saturated heterocycles. The van der Waals surface area contributed by atoms with Gasteiger partial charge >= 0.3 is 5.76 Å². The molecular weight excluding hydrogens is 460 g/mol. The standard InChI is InChI=1S/C31H28N4O2/c1-2-8-30-32-28(23-10-4-3-5-11-23)20-35(30)19-21-13-16-26-24(17-21)15-14-22-9-6-7-12-25(22)27(26)18-29-33-31(36)37-34-29/h3-7,9-13,16-18,20H,2,8,14-15,19H2,1H3,(H,33,34,36). The van der Waals surface area contributed by atoms with Crippen molar-refractivity contribution >= 4 is 11.6 Å². The summed E-state index contributed by atoms with van der Waals surface area (Å²) < 4.78 is 7.04. The summed E-state index contributed by atoms with van der Waals surface area (Å²) >= 11 is 0. The highest BCUT2D eigenvalue weighted by atomic mass is 16.5. The lowest BCUT2D eigenvalue weighted by Crippen LogP contribution is -2.05. The third-order valence-electron chi connectivity index (χ3n) is 6.92. The molecule has 0 aliphatic heterocycles. The second-order valence-electron chi connectivity index (χ2n) is 9.47. The molecule has 0 fully saturated rings. The zero-order valence-corrected chi connectivity index (χ0v) is 20.8. The number of imidazole rings is 1. The molecule has 0 amide bonds. The molecule has 1 aliphatic carbocycles. The first-order chi connectivity index (χ1) is 18.2. The van der Waals surface area contributed by atoms with E-state index >= 15 is 0 Å². The van der Waals surface area contributed by atoms with Gasteiger partial charge < -0.3 is 4.57 Å². The van der Waals surface area contributed by atoms with Crippen molar-refractivity contribution in [1.29, 1.82) is 0 Å². The van der Waals surface area contributed by atoms with E-state index in [1.54, 1.807) is 0 Å². The van der Waals surface area contributed by atoms with Crippen molar-refractivity contribution in [3.63, 3.8) is 0 Å². The van der Waals surface area contributed by atoms with Gasteiger partial charge in [-0.1, -0.05) is 84.9 Å². The van der Waals surface area contributed by atoms with Crippen LogP contribution in [0.25, 0.3) is 22.9 Å². The van der Waals surface area contributed by atoms with Gasteiger partial charge in [0.1, 0.15) is 5.82 Å². The van der Waals surface area contributed by atoms with E-state index in [4.69, 9.17) is 9.51 Å². The number of fused-ring (bicyclic) bond motifs is 2. The summed E-state index contributed by atoms with van der Waals surface area (Å²) in [6, 6.07) is 25.5. The molecule has 0 saturated carbocycles. The average Bonchev–Trinajstić information content (AvgIpc) is 3.48. The minimum absolute atomic E-state index is 0.419. The Kier molecular flexibility index (Phi) is 6.15. The molecule has 5 aromatic rings. The first-order valence-electron chi connectivity index (χ1n) is 12.8. The Bertz CT molecular complexity index is 1640. The molecule has 0 radical (unpaired) electrons. The van der Waals surface area contributed by atoms with E-state index in [9.17, 15) is 4.79 Å². The number of nitrogens with one attached hydrogen (secondary N) is 1. The Morgan fingerprint density at radius 1 is 0.973 bits per heavy atom. The molecule has 184 valence electrons. The van der Waals surface area contributed by atoms with Crippen LogP contribution in [-0.4, -0.2) is 19.7 Å². The van der Waals surface area contributed by atoms with Crippen molar-refractivity contribution in [1.82, 2.24) is 19.7 Å². The molecule has 0 unspecified atom stereocenters. The summed E-state index contributed by atoms with van der Waals surface area (Å²) in [5.41, 5.74) is 9.32. The number of H-pyrrole nitrogens is 1. The summed E-state index contributed by atoms with van der Waals surface area (Å²) in [6.07, 6.45) is 7.96. The first kappa shape index (κ1) is 23.0. The van der Waals surface area contributed by atoms with E-state index in [2.05, 4.69) is 94.6 Å². The highest BCUT2D eigenvalue weighted by Gasteiger charge is 2.19. The Balaban J connectivity index is 1.38. The molecule has 3 aromatic carbocycles. The molecular formula is C31H28N4O2. The fourth-order valence-electron chi connectivity index (χ4n) is 5.18. The van der Waals surface area contributed by atoms with Gasteiger partial charge in [-0.2, -0.15) is 0 Å². The van der Waals surface area contributed by atoms with Crippen LogP contribution in [-0.2, 0) is 25.8 Å².